The molecule has 4 nitrogen and oxygen atoms in total. The highest BCUT2D eigenvalue weighted by molar-refractivity contribution is 6.37. The molecule has 0 aliphatic carbocycles. The van der Waals surface area contributed by atoms with Crippen molar-refractivity contribution in [2.45, 2.75) is 32.5 Å². The van der Waals surface area contributed by atoms with Crippen molar-refractivity contribution in [3.05, 3.63) is 91.6 Å². The molecule has 2 heterocycles. The molecule has 1 aliphatic heterocycles. The predicted octanol–water partition coefficient (Wildman–Crippen LogP) is 5.66. The van der Waals surface area contributed by atoms with Crippen molar-refractivity contribution in [1.82, 2.24) is 9.55 Å². The third-order valence-corrected chi connectivity index (χ3v) is 5.61. The Morgan fingerprint density at radius 3 is 2.34 bits per heavy atom. The van der Waals surface area contributed by atoms with E-state index >= 15 is 0 Å². The van der Waals surface area contributed by atoms with Crippen LogP contribution in [0.3, 0.4) is 0 Å². The quantitative estimate of drug-likeness (QED) is 0.457. The molecule has 0 radical (unpaired) electrons. The van der Waals surface area contributed by atoms with Crippen molar-refractivity contribution in [2.24, 2.45) is 4.99 Å². The Kier molecular flexibility index (Phi) is 5.40. The van der Waals surface area contributed by atoms with Crippen molar-refractivity contribution in [3.63, 3.8) is 0 Å². The fraction of sp³-hybridized carbons (Fsp3) is 0.227. The second kappa shape index (κ2) is 7.81. The van der Waals surface area contributed by atoms with E-state index in [2.05, 4.69) is 9.98 Å². The summed E-state index contributed by atoms with van der Waals surface area (Å²) in [4.78, 5) is 20.7. The molecule has 3 aromatic rings. The largest absolute Gasteiger partial charge is 0.417 e. The van der Waals surface area contributed by atoms with Crippen LogP contribution in [0.4, 0.5) is 22.0 Å². The zero-order valence-electron chi connectivity index (χ0n) is 16.8. The molecule has 0 N–H and O–H groups in total. The number of benzene rings is 2. The Morgan fingerprint density at radius 1 is 1.09 bits per heavy atom. The first kappa shape index (κ1) is 22.1. The van der Waals surface area contributed by atoms with E-state index in [9.17, 15) is 26.7 Å². The van der Waals surface area contributed by atoms with E-state index in [1.165, 1.54) is 17.7 Å². The minimum atomic E-state index is -4.82. The second-order valence-corrected chi connectivity index (χ2v) is 7.60. The van der Waals surface area contributed by atoms with Crippen LogP contribution in [0.1, 0.15) is 48.0 Å². The Hall–Kier alpha value is -3.07. The van der Waals surface area contributed by atoms with E-state index in [-0.39, 0.29) is 17.1 Å². The first-order valence-electron chi connectivity index (χ1n) is 9.59. The summed E-state index contributed by atoms with van der Waals surface area (Å²) in [5, 5.41) is -0.756. The lowest BCUT2D eigenvalue weighted by molar-refractivity contribution is -0.137. The molecule has 0 amide bonds. The second-order valence-electron chi connectivity index (χ2n) is 7.22. The van der Waals surface area contributed by atoms with Gasteiger partial charge in [-0.15, -0.1) is 0 Å². The Balaban J connectivity index is 2.18. The van der Waals surface area contributed by atoms with E-state index in [0.717, 1.165) is 30.3 Å². The summed E-state index contributed by atoms with van der Waals surface area (Å²) in [5.74, 6) is -1.92. The molecule has 0 saturated heterocycles. The maximum Gasteiger partial charge on any atom is 0.417 e. The highest BCUT2D eigenvalue weighted by Gasteiger charge is 2.37. The maximum atomic E-state index is 14.7. The van der Waals surface area contributed by atoms with Crippen LogP contribution in [0.5, 0.6) is 0 Å². The fourth-order valence-electron chi connectivity index (χ4n) is 3.68. The van der Waals surface area contributed by atoms with Gasteiger partial charge in [-0.2, -0.15) is 18.2 Å². The van der Waals surface area contributed by atoms with Gasteiger partial charge in [0.25, 0.3) is 5.56 Å². The minimum absolute atomic E-state index is 0.0750. The van der Waals surface area contributed by atoms with Crippen LogP contribution in [0.25, 0.3) is 5.69 Å². The van der Waals surface area contributed by atoms with Gasteiger partial charge in [0.05, 0.1) is 27.5 Å². The van der Waals surface area contributed by atoms with E-state index in [0.29, 0.717) is 12.0 Å². The van der Waals surface area contributed by atoms with E-state index in [4.69, 9.17) is 11.6 Å². The lowest BCUT2D eigenvalue weighted by Gasteiger charge is -2.19. The number of rotatable bonds is 2. The third kappa shape index (κ3) is 3.50. The van der Waals surface area contributed by atoms with Crippen LogP contribution in [0.2, 0.25) is 5.02 Å². The van der Waals surface area contributed by atoms with Gasteiger partial charge in [-0.1, -0.05) is 24.6 Å². The number of aliphatic imine (C=N–C) groups is 1. The molecule has 0 saturated carbocycles. The molecule has 4 rings (SSSR count). The predicted molar refractivity (Wildman–Crippen MR) is 110 cm³/mol. The molecular weight excluding hydrogens is 453 g/mol. The van der Waals surface area contributed by atoms with Gasteiger partial charge in [0.15, 0.2) is 0 Å². The smallest absolute Gasteiger partial charge is 0.302 e. The molecule has 1 atom stereocenters. The van der Waals surface area contributed by atoms with Crippen LogP contribution in [0.15, 0.2) is 46.3 Å². The molecule has 10 heteroatoms. The molecule has 166 valence electrons. The molecule has 0 bridgehead atoms. The molecule has 0 fully saturated rings. The standard InChI is InChI=1S/C22H15ClF5N3O/c1-3-11-9-31-15-8-7-12(22(26,27)28)18(23)17(15)19(16-13(24)5-4-6-14(16)25)29-10(2)20(31)30-21(11)32/h4-10H,3H2,1-2H3/t10-/m0/s1. The number of fused-ring (bicyclic) bond motifs is 3. The number of aryl methyl sites for hydroxylation is 1. The Bertz CT molecular complexity index is 1310. The average molecular weight is 468 g/mol. The van der Waals surface area contributed by atoms with Crippen molar-refractivity contribution in [1.29, 1.82) is 0 Å². The molecule has 1 aliphatic rings. The van der Waals surface area contributed by atoms with Gasteiger partial charge in [0.1, 0.15) is 23.5 Å². The van der Waals surface area contributed by atoms with Gasteiger partial charge in [0, 0.05) is 17.3 Å². The summed E-state index contributed by atoms with van der Waals surface area (Å²) in [6.07, 6.45) is -3.05. The molecule has 0 unspecified atom stereocenters. The van der Waals surface area contributed by atoms with Gasteiger partial charge in [-0.25, -0.2) is 8.78 Å². The number of aromatic nitrogens is 2. The zero-order chi connectivity index (χ0) is 23.4. The minimum Gasteiger partial charge on any atom is -0.302 e. The summed E-state index contributed by atoms with van der Waals surface area (Å²) in [7, 11) is 0. The lowest BCUT2D eigenvalue weighted by Crippen LogP contribution is -2.21. The van der Waals surface area contributed by atoms with Gasteiger partial charge < -0.3 is 4.57 Å². The molecular formula is C22H15ClF5N3O. The van der Waals surface area contributed by atoms with Crippen molar-refractivity contribution >= 4 is 17.3 Å². The summed E-state index contributed by atoms with van der Waals surface area (Å²) < 4.78 is 71.7. The summed E-state index contributed by atoms with van der Waals surface area (Å²) in [6, 6.07) is 4.07. The summed E-state index contributed by atoms with van der Waals surface area (Å²) in [5.41, 5.74) is -2.62. The van der Waals surface area contributed by atoms with Crippen molar-refractivity contribution < 1.29 is 22.0 Å². The van der Waals surface area contributed by atoms with Crippen LogP contribution in [-0.4, -0.2) is 15.3 Å². The van der Waals surface area contributed by atoms with Crippen molar-refractivity contribution in [2.75, 3.05) is 0 Å². The number of hydrogen-bond acceptors (Lipinski definition) is 3. The lowest BCUT2D eigenvalue weighted by atomic mass is 9.97. The topological polar surface area (TPSA) is 47.2 Å². The third-order valence-electron chi connectivity index (χ3n) is 5.22. The molecule has 0 spiro atoms. The fourth-order valence-corrected chi connectivity index (χ4v) is 4.03. The number of nitrogens with zero attached hydrogens (tertiary/aromatic N) is 3. The molecule has 1 aromatic heterocycles. The van der Waals surface area contributed by atoms with Crippen LogP contribution in [0, 0.1) is 11.6 Å². The molecule has 2 aromatic carbocycles. The number of halogens is 6. The summed E-state index contributed by atoms with van der Waals surface area (Å²) in [6.45, 7) is 3.25. The highest BCUT2D eigenvalue weighted by atomic mass is 35.5. The highest BCUT2D eigenvalue weighted by Crippen LogP contribution is 2.41. The van der Waals surface area contributed by atoms with Crippen LogP contribution in [-0.2, 0) is 12.6 Å². The zero-order valence-corrected chi connectivity index (χ0v) is 17.5. The van der Waals surface area contributed by atoms with E-state index in [1.54, 1.807) is 6.92 Å². The van der Waals surface area contributed by atoms with Gasteiger partial charge in [0.2, 0.25) is 0 Å². The van der Waals surface area contributed by atoms with E-state index < -0.39 is 51.3 Å². The van der Waals surface area contributed by atoms with Gasteiger partial charge in [-0.3, -0.25) is 9.79 Å². The summed E-state index contributed by atoms with van der Waals surface area (Å²) >= 11 is 6.21. The average Bonchev–Trinajstić information content (AvgIpc) is 2.82. The molecule has 32 heavy (non-hydrogen) atoms. The van der Waals surface area contributed by atoms with Crippen molar-refractivity contribution in [3.8, 4) is 5.69 Å². The van der Waals surface area contributed by atoms with Crippen LogP contribution >= 0.6 is 11.6 Å². The first-order valence-corrected chi connectivity index (χ1v) is 9.97. The van der Waals surface area contributed by atoms with Gasteiger partial charge >= 0.3 is 6.18 Å². The normalized spacial score (nSPS) is 15.6. The number of alkyl halides is 3. The monoisotopic (exact) mass is 467 g/mol. The Morgan fingerprint density at radius 2 is 1.75 bits per heavy atom. The van der Waals surface area contributed by atoms with E-state index in [1.807, 2.05) is 0 Å². The Labute approximate surface area is 184 Å². The SMILES string of the molecule is CCc1cn2c(nc1=O)[C@H](C)N=C(c1c(F)cccc1F)c1c-2ccc(C(F)(F)F)c1Cl. The maximum absolute atomic E-state index is 14.7. The first-order chi connectivity index (χ1) is 15.0. The number of hydrogen-bond donors (Lipinski definition) is 0. The van der Waals surface area contributed by atoms with Crippen LogP contribution < -0.4 is 5.56 Å². The van der Waals surface area contributed by atoms with Gasteiger partial charge in [-0.05, 0) is 37.6 Å².